The summed E-state index contributed by atoms with van der Waals surface area (Å²) in [5, 5.41) is 24.8. The zero-order valence-corrected chi connectivity index (χ0v) is 20.6. The highest BCUT2D eigenvalue weighted by Gasteiger charge is 2.45. The maximum Gasteiger partial charge on any atom is 0.290 e. The minimum absolute atomic E-state index is 0.0490. The Labute approximate surface area is 213 Å². The summed E-state index contributed by atoms with van der Waals surface area (Å²) in [5.74, 6) is -0.245. The molecular weight excluding hydrogens is 487 g/mol. The Hall–Kier alpha value is -3.35. The van der Waals surface area contributed by atoms with Crippen molar-refractivity contribution in [3.63, 3.8) is 0 Å². The molecule has 2 aliphatic heterocycles. The third-order valence-corrected chi connectivity index (χ3v) is 7.50. The van der Waals surface area contributed by atoms with Crippen molar-refractivity contribution in [1.29, 1.82) is 0 Å². The molecule has 37 heavy (non-hydrogen) atoms. The van der Waals surface area contributed by atoms with Gasteiger partial charge in [-0.2, -0.15) is 0 Å². The van der Waals surface area contributed by atoms with Gasteiger partial charge in [0.15, 0.2) is 0 Å². The maximum atomic E-state index is 14.0. The zero-order valence-electron chi connectivity index (χ0n) is 20.6. The van der Waals surface area contributed by atoms with Crippen LogP contribution in [0.2, 0.25) is 0 Å². The van der Waals surface area contributed by atoms with Gasteiger partial charge in [-0.25, -0.2) is 4.39 Å². The predicted octanol–water partition coefficient (Wildman–Crippen LogP) is 0.528. The van der Waals surface area contributed by atoms with E-state index in [1.807, 2.05) is 0 Å². The van der Waals surface area contributed by atoms with Crippen molar-refractivity contribution < 1.29 is 34.1 Å². The minimum Gasteiger partial charge on any atom is -0.483 e. The molecule has 5 rings (SSSR count). The number of aliphatic hydroxyl groups is 1. The summed E-state index contributed by atoms with van der Waals surface area (Å²) in [4.78, 5) is 52.0. The van der Waals surface area contributed by atoms with E-state index >= 15 is 0 Å². The number of nitrogens with one attached hydrogen (secondary N) is 1. The van der Waals surface area contributed by atoms with Crippen molar-refractivity contribution in [3.05, 3.63) is 46.0 Å². The van der Waals surface area contributed by atoms with Crippen molar-refractivity contribution in [2.24, 2.45) is 11.8 Å². The number of pyridine rings is 1. The molecule has 11 nitrogen and oxygen atoms in total. The molecule has 2 saturated heterocycles. The lowest BCUT2D eigenvalue weighted by molar-refractivity contribution is -0.123. The van der Waals surface area contributed by atoms with E-state index in [-0.39, 0.29) is 53.4 Å². The third kappa shape index (κ3) is 6.32. The van der Waals surface area contributed by atoms with E-state index in [4.69, 9.17) is 19.8 Å². The average Bonchev–Trinajstić information content (AvgIpc) is 3.28. The third-order valence-electron chi connectivity index (χ3n) is 7.50. The number of hydrogen-bond donors (Lipinski definition) is 4. The van der Waals surface area contributed by atoms with Crippen LogP contribution < -0.4 is 5.43 Å². The van der Waals surface area contributed by atoms with E-state index < -0.39 is 11.2 Å². The molecule has 202 valence electrons. The minimum atomic E-state index is -0.510. The van der Waals surface area contributed by atoms with Crippen LogP contribution in [-0.4, -0.2) is 112 Å². The fourth-order valence-corrected chi connectivity index (χ4v) is 5.66. The number of carboxylic acid groups (broad SMARTS) is 2. The van der Waals surface area contributed by atoms with Gasteiger partial charge in [0.1, 0.15) is 11.4 Å². The molecule has 0 radical (unpaired) electrons. The topological polar surface area (TPSA) is 154 Å². The Kier molecular flexibility index (Phi) is 9.73. The second kappa shape index (κ2) is 12.7. The van der Waals surface area contributed by atoms with Gasteiger partial charge in [0.05, 0.1) is 11.6 Å². The van der Waals surface area contributed by atoms with E-state index in [2.05, 4.69) is 21.8 Å². The van der Waals surface area contributed by atoms with E-state index in [9.17, 15) is 19.1 Å². The first-order valence-corrected chi connectivity index (χ1v) is 12.1. The molecule has 0 unspecified atom stereocenters. The Bertz CT molecular complexity index is 1150. The van der Waals surface area contributed by atoms with Gasteiger partial charge < -0.3 is 30.1 Å². The second-order valence-electron chi connectivity index (χ2n) is 9.58. The van der Waals surface area contributed by atoms with Crippen molar-refractivity contribution in [1.82, 2.24) is 19.7 Å². The Morgan fingerprint density at radius 1 is 1.05 bits per heavy atom. The number of rotatable bonds is 2. The molecule has 1 amide bonds. The number of nitrogens with zero attached hydrogens (tertiary/aromatic N) is 3. The number of amides is 1. The number of hydrogen-bond acceptors (Lipinski definition) is 7. The van der Waals surface area contributed by atoms with Crippen LogP contribution >= 0.6 is 0 Å². The molecule has 4 N–H and O–H groups in total. The van der Waals surface area contributed by atoms with E-state index in [1.54, 1.807) is 4.90 Å². The number of likely N-dealkylation sites (N-methyl/N-ethyl adjacent to an activating group) is 1. The fraction of sp³-hybridized carbons (Fsp3) is 0.520. The summed E-state index contributed by atoms with van der Waals surface area (Å²) in [6.07, 6.45) is 2.51. The number of aliphatic hydroxyl groups excluding tert-OH is 1. The van der Waals surface area contributed by atoms with Crippen LogP contribution in [0.4, 0.5) is 4.39 Å². The van der Waals surface area contributed by atoms with Crippen molar-refractivity contribution >= 4 is 29.8 Å². The van der Waals surface area contributed by atoms with Crippen LogP contribution in [0.15, 0.2) is 29.2 Å². The molecule has 4 atom stereocenters. The van der Waals surface area contributed by atoms with Gasteiger partial charge in [0, 0.05) is 56.9 Å². The zero-order chi connectivity index (χ0) is 27.1. The maximum absolute atomic E-state index is 14.0. The van der Waals surface area contributed by atoms with Crippen LogP contribution in [0.3, 0.4) is 0 Å². The predicted molar refractivity (Wildman–Crippen MR) is 133 cm³/mol. The number of halogens is 1. The highest BCUT2D eigenvalue weighted by Crippen LogP contribution is 2.39. The summed E-state index contributed by atoms with van der Waals surface area (Å²) < 4.78 is 14.0. The molecule has 0 spiro atoms. The molecule has 3 heterocycles. The molecule has 12 heteroatoms. The molecule has 2 aromatic rings. The Balaban J connectivity index is 0.000000580. The van der Waals surface area contributed by atoms with Gasteiger partial charge >= 0.3 is 0 Å². The average molecular weight is 521 g/mol. The highest BCUT2D eigenvalue weighted by molar-refractivity contribution is 5.97. The van der Waals surface area contributed by atoms with Gasteiger partial charge in [0.25, 0.3) is 18.9 Å². The first-order chi connectivity index (χ1) is 17.7. The number of fused-ring (bicyclic) bond motifs is 2. The molecule has 1 aromatic carbocycles. The summed E-state index contributed by atoms with van der Waals surface area (Å²) in [5.41, 5.74) is -0.270. The van der Waals surface area contributed by atoms with Gasteiger partial charge in [-0.3, -0.25) is 24.1 Å². The summed E-state index contributed by atoms with van der Waals surface area (Å²) >= 11 is 0. The van der Waals surface area contributed by atoms with E-state index in [0.29, 0.717) is 25.4 Å². The number of carbonyl (C=O) groups is 3. The number of H-pyrrole nitrogens is 1. The number of benzene rings is 1. The lowest BCUT2D eigenvalue weighted by Gasteiger charge is -2.44. The second-order valence-corrected chi connectivity index (χ2v) is 9.58. The van der Waals surface area contributed by atoms with Gasteiger partial charge in [0.2, 0.25) is 5.43 Å². The monoisotopic (exact) mass is 520 g/mol. The first kappa shape index (κ1) is 28.2. The Morgan fingerprint density at radius 3 is 2.27 bits per heavy atom. The smallest absolute Gasteiger partial charge is 0.290 e. The van der Waals surface area contributed by atoms with Gasteiger partial charge in [-0.1, -0.05) is 6.07 Å². The Morgan fingerprint density at radius 2 is 1.65 bits per heavy atom. The SMILES string of the molecule is CN1CCN([C@@H]2C[C@@H]3CN(C(=O)c4c[nH]c5c(F)cccc5c4=O)C[C@@H]3C[C@H]2O)CC1.O=CO.O=CO. The fourth-order valence-electron chi connectivity index (χ4n) is 5.66. The molecule has 3 aliphatic rings. The number of likely N-dealkylation sites (tertiary alicyclic amines) is 1. The summed E-state index contributed by atoms with van der Waals surface area (Å²) in [7, 11) is 2.12. The van der Waals surface area contributed by atoms with E-state index in [0.717, 1.165) is 32.6 Å². The number of aromatic amines is 1. The molecule has 1 aromatic heterocycles. The molecular formula is C25H33FN4O7. The number of aromatic nitrogens is 1. The molecule has 1 saturated carbocycles. The van der Waals surface area contributed by atoms with Gasteiger partial charge in [-0.15, -0.1) is 0 Å². The lowest BCUT2D eigenvalue weighted by Crippen LogP contribution is -2.55. The summed E-state index contributed by atoms with van der Waals surface area (Å²) in [6, 6.07) is 4.44. The highest BCUT2D eigenvalue weighted by atomic mass is 19.1. The largest absolute Gasteiger partial charge is 0.483 e. The number of para-hydroxylation sites is 1. The molecule has 1 aliphatic carbocycles. The lowest BCUT2D eigenvalue weighted by atomic mass is 9.77. The molecule has 0 bridgehead atoms. The first-order valence-electron chi connectivity index (χ1n) is 12.1. The standard InChI is InChI=1S/C23H29FN4O3.2CH2O2/c1-26-5-7-27(8-6-26)19-9-14-12-28(13-15(14)10-20(19)29)23(31)17-11-25-21-16(22(17)30)3-2-4-18(21)24;2*2-1-3/h2-4,11,14-15,19-20,29H,5-10,12-13H2,1H3,(H,25,30);2*1H,(H,2,3)/t14-,15+,19-,20-;;/m1../s1. The molecule has 3 fully saturated rings. The van der Waals surface area contributed by atoms with Crippen LogP contribution in [-0.2, 0) is 9.59 Å². The van der Waals surface area contributed by atoms with Crippen LogP contribution in [0.25, 0.3) is 10.9 Å². The van der Waals surface area contributed by atoms with Crippen molar-refractivity contribution in [2.45, 2.75) is 25.0 Å². The van der Waals surface area contributed by atoms with E-state index in [1.165, 1.54) is 24.4 Å². The number of piperazine rings is 1. The van der Waals surface area contributed by atoms with Crippen molar-refractivity contribution in [2.75, 3.05) is 46.3 Å². The summed E-state index contributed by atoms with van der Waals surface area (Å²) in [6.45, 7) is 4.58. The van der Waals surface area contributed by atoms with Crippen LogP contribution in [0.5, 0.6) is 0 Å². The number of carbonyl (C=O) groups excluding carboxylic acids is 1. The quantitative estimate of drug-likeness (QED) is 0.415. The van der Waals surface area contributed by atoms with Gasteiger partial charge in [-0.05, 0) is 43.9 Å². The van der Waals surface area contributed by atoms with Crippen LogP contribution in [0, 0.1) is 17.7 Å². The van der Waals surface area contributed by atoms with Crippen molar-refractivity contribution in [3.8, 4) is 0 Å². The van der Waals surface area contributed by atoms with Crippen LogP contribution in [0.1, 0.15) is 23.2 Å². The normalized spacial score (nSPS) is 25.8.